The number of aromatic nitrogens is 5. The Hall–Kier alpha value is -3.07. The second kappa shape index (κ2) is 8.12. The van der Waals surface area contributed by atoms with Crippen molar-refractivity contribution in [3.8, 4) is 0 Å². The Kier molecular flexibility index (Phi) is 5.39. The largest absolute Gasteiger partial charge is 0.330 e. The highest BCUT2D eigenvalue weighted by Gasteiger charge is 2.32. The van der Waals surface area contributed by atoms with Gasteiger partial charge in [0.05, 0.1) is 11.7 Å². The molecule has 1 atom stereocenters. The molecule has 0 saturated carbocycles. The second-order valence-electron chi connectivity index (χ2n) is 6.98. The number of thiazole rings is 1. The van der Waals surface area contributed by atoms with Gasteiger partial charge in [0.1, 0.15) is 5.69 Å². The molecular formula is C20H23N7OS. The van der Waals surface area contributed by atoms with E-state index in [9.17, 15) is 4.79 Å². The Morgan fingerprint density at radius 1 is 1.24 bits per heavy atom. The van der Waals surface area contributed by atoms with Gasteiger partial charge in [-0.15, -0.1) is 11.3 Å². The van der Waals surface area contributed by atoms with Crippen LogP contribution < -0.4 is 5.32 Å². The van der Waals surface area contributed by atoms with Crippen molar-refractivity contribution < 1.29 is 4.79 Å². The zero-order valence-electron chi connectivity index (χ0n) is 16.7. The van der Waals surface area contributed by atoms with Crippen molar-refractivity contribution in [3.63, 3.8) is 0 Å². The van der Waals surface area contributed by atoms with Crippen LogP contribution in [0.4, 0.5) is 10.9 Å². The van der Waals surface area contributed by atoms with E-state index in [2.05, 4.69) is 25.4 Å². The first-order valence-electron chi connectivity index (χ1n) is 9.51. The molecule has 0 radical (unpaired) electrons. The molecule has 29 heavy (non-hydrogen) atoms. The van der Waals surface area contributed by atoms with Crippen LogP contribution in [0.25, 0.3) is 6.08 Å². The number of aryl methyl sites for hydroxylation is 2. The van der Waals surface area contributed by atoms with E-state index in [4.69, 9.17) is 0 Å². The summed E-state index contributed by atoms with van der Waals surface area (Å²) in [7, 11) is 1.91. The third-order valence-electron chi connectivity index (χ3n) is 5.19. The van der Waals surface area contributed by atoms with Crippen LogP contribution in [0.2, 0.25) is 0 Å². The third kappa shape index (κ3) is 3.91. The monoisotopic (exact) mass is 409 g/mol. The SMILES string of the molecule is Cc1nn(C)c(C)c1/C=C/C(=O)N1CCC[C@H]1c1nccnc1Nc1nccs1. The molecule has 1 N–H and O–H groups in total. The molecule has 0 spiro atoms. The number of anilines is 2. The minimum absolute atomic E-state index is 0.0268. The molecule has 0 aromatic carbocycles. The van der Waals surface area contributed by atoms with Crippen LogP contribution in [0.1, 0.15) is 41.5 Å². The average molecular weight is 410 g/mol. The van der Waals surface area contributed by atoms with Crippen LogP contribution in [-0.2, 0) is 11.8 Å². The summed E-state index contributed by atoms with van der Waals surface area (Å²) in [6, 6.07) is -0.112. The maximum absolute atomic E-state index is 13.0. The van der Waals surface area contributed by atoms with Crippen LogP contribution in [0, 0.1) is 13.8 Å². The van der Waals surface area contributed by atoms with Gasteiger partial charge < -0.3 is 10.2 Å². The van der Waals surface area contributed by atoms with E-state index in [0.29, 0.717) is 12.4 Å². The van der Waals surface area contributed by atoms with Crippen molar-refractivity contribution in [3.05, 3.63) is 52.7 Å². The fourth-order valence-corrected chi connectivity index (χ4v) is 4.20. The first-order valence-corrected chi connectivity index (χ1v) is 10.4. The quantitative estimate of drug-likeness (QED) is 0.650. The maximum atomic E-state index is 13.0. The average Bonchev–Trinajstić information content (AvgIpc) is 3.44. The van der Waals surface area contributed by atoms with Gasteiger partial charge in [-0.25, -0.2) is 9.97 Å². The van der Waals surface area contributed by atoms with Crippen LogP contribution in [-0.4, -0.2) is 42.1 Å². The Labute approximate surface area is 173 Å². The summed E-state index contributed by atoms with van der Waals surface area (Å²) in [6.45, 7) is 4.65. The van der Waals surface area contributed by atoms with Crippen molar-refractivity contribution in [1.82, 2.24) is 29.6 Å². The van der Waals surface area contributed by atoms with Gasteiger partial charge in [0.2, 0.25) is 5.91 Å². The molecule has 1 fully saturated rings. The van der Waals surface area contributed by atoms with Crippen LogP contribution >= 0.6 is 11.3 Å². The highest BCUT2D eigenvalue weighted by atomic mass is 32.1. The third-order valence-corrected chi connectivity index (χ3v) is 5.88. The van der Waals surface area contributed by atoms with Crippen molar-refractivity contribution in [2.24, 2.45) is 7.05 Å². The van der Waals surface area contributed by atoms with E-state index in [-0.39, 0.29) is 11.9 Å². The van der Waals surface area contributed by atoms with Crippen molar-refractivity contribution >= 4 is 34.3 Å². The predicted molar refractivity (Wildman–Crippen MR) is 113 cm³/mol. The fourth-order valence-electron chi connectivity index (χ4n) is 3.67. The van der Waals surface area contributed by atoms with Gasteiger partial charge >= 0.3 is 0 Å². The number of carbonyl (C=O) groups excluding carboxylic acids is 1. The number of hydrogen-bond donors (Lipinski definition) is 1. The van der Waals surface area contributed by atoms with Gasteiger partial charge in [0.25, 0.3) is 0 Å². The van der Waals surface area contributed by atoms with E-state index < -0.39 is 0 Å². The molecule has 1 aliphatic rings. The lowest BCUT2D eigenvalue weighted by atomic mass is 10.1. The molecule has 4 heterocycles. The van der Waals surface area contributed by atoms with E-state index in [0.717, 1.165) is 40.6 Å². The number of carbonyl (C=O) groups is 1. The van der Waals surface area contributed by atoms with E-state index in [1.54, 1.807) is 24.7 Å². The molecule has 8 nitrogen and oxygen atoms in total. The summed E-state index contributed by atoms with van der Waals surface area (Å²) in [5.41, 5.74) is 3.71. The second-order valence-corrected chi connectivity index (χ2v) is 7.88. The number of nitrogens with one attached hydrogen (secondary N) is 1. The molecule has 0 aliphatic carbocycles. The molecule has 3 aromatic heterocycles. The van der Waals surface area contributed by atoms with Crippen LogP contribution in [0.15, 0.2) is 30.0 Å². The van der Waals surface area contributed by atoms with Crippen molar-refractivity contribution in [2.75, 3.05) is 11.9 Å². The molecule has 1 saturated heterocycles. The van der Waals surface area contributed by atoms with E-state index >= 15 is 0 Å². The van der Waals surface area contributed by atoms with Crippen molar-refractivity contribution in [1.29, 1.82) is 0 Å². The smallest absolute Gasteiger partial charge is 0.247 e. The number of amides is 1. The Bertz CT molecular complexity index is 1040. The molecule has 4 rings (SSSR count). The minimum atomic E-state index is -0.112. The lowest BCUT2D eigenvalue weighted by molar-refractivity contribution is -0.126. The standard InChI is InChI=1S/C20H23N7OS/c1-13-15(14(2)26(3)25-13)6-7-17(28)27-11-4-5-16(27)18-19(22-9-8-21-18)24-20-23-10-12-29-20/h6-10,12,16H,4-5,11H2,1-3H3,(H,22,23,24)/b7-6+/t16-/m0/s1. The highest BCUT2D eigenvalue weighted by Crippen LogP contribution is 2.35. The fraction of sp³-hybridized carbons (Fsp3) is 0.350. The topological polar surface area (TPSA) is 88.8 Å². The summed E-state index contributed by atoms with van der Waals surface area (Å²) in [5.74, 6) is 0.621. The number of likely N-dealkylation sites (tertiary alicyclic amines) is 1. The van der Waals surface area contributed by atoms with Gasteiger partial charge in [-0.2, -0.15) is 5.10 Å². The molecule has 9 heteroatoms. The number of nitrogens with zero attached hydrogens (tertiary/aromatic N) is 6. The van der Waals surface area contributed by atoms with Crippen LogP contribution in [0.3, 0.4) is 0 Å². The molecule has 3 aromatic rings. The zero-order chi connectivity index (χ0) is 20.4. The molecule has 0 bridgehead atoms. The summed E-state index contributed by atoms with van der Waals surface area (Å²) in [5, 5.41) is 10.3. The minimum Gasteiger partial charge on any atom is -0.330 e. The van der Waals surface area contributed by atoms with Gasteiger partial charge in [0, 0.05) is 54.9 Å². The predicted octanol–water partition coefficient (Wildman–Crippen LogP) is 3.40. The number of hydrogen-bond acceptors (Lipinski definition) is 7. The lowest BCUT2D eigenvalue weighted by Crippen LogP contribution is -2.30. The Balaban J connectivity index is 1.57. The lowest BCUT2D eigenvalue weighted by Gasteiger charge is -2.24. The van der Waals surface area contributed by atoms with Gasteiger partial charge in [-0.3, -0.25) is 14.5 Å². The van der Waals surface area contributed by atoms with Gasteiger partial charge in [0.15, 0.2) is 10.9 Å². The summed E-state index contributed by atoms with van der Waals surface area (Å²) in [4.78, 5) is 28.1. The highest BCUT2D eigenvalue weighted by molar-refractivity contribution is 7.13. The first-order chi connectivity index (χ1) is 14.0. The zero-order valence-corrected chi connectivity index (χ0v) is 17.5. The first kappa shape index (κ1) is 19.3. The summed E-state index contributed by atoms with van der Waals surface area (Å²) < 4.78 is 1.83. The maximum Gasteiger partial charge on any atom is 0.247 e. The van der Waals surface area contributed by atoms with Crippen LogP contribution in [0.5, 0.6) is 0 Å². The molecule has 1 amide bonds. The molecule has 0 unspecified atom stereocenters. The van der Waals surface area contributed by atoms with E-state index in [1.807, 2.05) is 41.9 Å². The molecule has 150 valence electrons. The Morgan fingerprint density at radius 3 is 2.79 bits per heavy atom. The van der Waals surface area contributed by atoms with Crippen molar-refractivity contribution in [2.45, 2.75) is 32.7 Å². The number of rotatable bonds is 5. The molecular weight excluding hydrogens is 386 g/mol. The Morgan fingerprint density at radius 2 is 2.07 bits per heavy atom. The normalized spacial score (nSPS) is 16.7. The van der Waals surface area contributed by atoms with Gasteiger partial charge in [-0.1, -0.05) is 0 Å². The molecule has 1 aliphatic heterocycles. The van der Waals surface area contributed by atoms with E-state index in [1.165, 1.54) is 11.3 Å². The van der Waals surface area contributed by atoms with Gasteiger partial charge in [-0.05, 0) is 32.8 Å². The summed E-state index contributed by atoms with van der Waals surface area (Å²) in [6.07, 6.45) is 10.3. The summed E-state index contributed by atoms with van der Waals surface area (Å²) >= 11 is 1.50.